The van der Waals surface area contributed by atoms with Crippen LogP contribution in [0.4, 0.5) is 10.7 Å². The highest BCUT2D eigenvalue weighted by molar-refractivity contribution is 5.72. The van der Waals surface area contributed by atoms with Gasteiger partial charge < -0.3 is 19.1 Å². The Kier molecular flexibility index (Phi) is 2.39. The SMILES string of the molecule is CN1CC2(CCN(c3ncc4c(ncn4C)n3)C2)OC1=O. The van der Waals surface area contributed by atoms with Crippen molar-refractivity contribution >= 4 is 23.2 Å². The number of fused-ring (bicyclic) bond motifs is 1. The van der Waals surface area contributed by atoms with E-state index in [4.69, 9.17) is 4.74 Å². The number of aryl methyl sites for hydroxylation is 1. The molecule has 2 aliphatic heterocycles. The monoisotopic (exact) mass is 288 g/mol. The van der Waals surface area contributed by atoms with Crippen LogP contribution in [0.1, 0.15) is 6.42 Å². The molecule has 4 rings (SSSR count). The Labute approximate surface area is 121 Å². The molecule has 1 spiro atoms. The van der Waals surface area contributed by atoms with E-state index in [0.29, 0.717) is 24.7 Å². The molecule has 2 fully saturated rings. The fourth-order valence-corrected chi connectivity index (χ4v) is 3.08. The molecule has 0 bridgehead atoms. The number of carbonyl (C=O) groups excluding carboxylic acids is 1. The van der Waals surface area contributed by atoms with Gasteiger partial charge in [-0.3, -0.25) is 0 Å². The zero-order valence-electron chi connectivity index (χ0n) is 12.0. The summed E-state index contributed by atoms with van der Waals surface area (Å²) in [6, 6.07) is 0. The van der Waals surface area contributed by atoms with E-state index in [1.165, 1.54) is 0 Å². The number of nitrogens with zero attached hydrogens (tertiary/aromatic N) is 6. The molecule has 1 amide bonds. The van der Waals surface area contributed by atoms with Gasteiger partial charge in [0.2, 0.25) is 5.95 Å². The molecule has 1 unspecified atom stereocenters. The second-order valence-electron chi connectivity index (χ2n) is 5.81. The zero-order valence-corrected chi connectivity index (χ0v) is 12.0. The molecule has 0 aliphatic carbocycles. The molecule has 21 heavy (non-hydrogen) atoms. The summed E-state index contributed by atoms with van der Waals surface area (Å²) in [5.41, 5.74) is 1.16. The summed E-state index contributed by atoms with van der Waals surface area (Å²) in [7, 11) is 3.67. The second kappa shape index (κ2) is 4.06. The molecule has 1 atom stereocenters. The van der Waals surface area contributed by atoms with Gasteiger partial charge in [-0.25, -0.2) is 14.8 Å². The van der Waals surface area contributed by atoms with Gasteiger partial charge in [0.05, 0.1) is 25.6 Å². The summed E-state index contributed by atoms with van der Waals surface area (Å²) in [5, 5.41) is 0. The lowest BCUT2D eigenvalue weighted by atomic mass is 10.0. The Morgan fingerprint density at radius 2 is 2.14 bits per heavy atom. The minimum absolute atomic E-state index is 0.252. The van der Waals surface area contributed by atoms with Gasteiger partial charge in [0.1, 0.15) is 5.52 Å². The highest BCUT2D eigenvalue weighted by Gasteiger charge is 2.49. The molecule has 0 saturated carbocycles. The van der Waals surface area contributed by atoms with E-state index in [-0.39, 0.29) is 6.09 Å². The fourth-order valence-electron chi connectivity index (χ4n) is 3.08. The van der Waals surface area contributed by atoms with Crippen LogP contribution in [0.25, 0.3) is 11.2 Å². The van der Waals surface area contributed by atoms with Crippen LogP contribution in [0.2, 0.25) is 0 Å². The number of imidazole rings is 1. The van der Waals surface area contributed by atoms with E-state index < -0.39 is 5.60 Å². The number of rotatable bonds is 1. The zero-order chi connectivity index (χ0) is 14.6. The number of amides is 1. The predicted molar refractivity (Wildman–Crippen MR) is 75.0 cm³/mol. The van der Waals surface area contributed by atoms with Crippen molar-refractivity contribution in [2.75, 3.05) is 31.6 Å². The predicted octanol–water partition coefficient (Wildman–Crippen LogP) is 0.394. The molecule has 8 heteroatoms. The maximum absolute atomic E-state index is 11.6. The molecule has 2 aromatic heterocycles. The van der Waals surface area contributed by atoms with Gasteiger partial charge in [0.15, 0.2) is 11.2 Å². The second-order valence-corrected chi connectivity index (χ2v) is 5.81. The normalized spacial score (nSPS) is 25.3. The van der Waals surface area contributed by atoms with Crippen molar-refractivity contribution in [2.45, 2.75) is 12.0 Å². The molecule has 2 aliphatic rings. The maximum Gasteiger partial charge on any atom is 0.410 e. The van der Waals surface area contributed by atoms with Gasteiger partial charge in [0.25, 0.3) is 0 Å². The molecule has 4 heterocycles. The largest absolute Gasteiger partial charge is 0.439 e. The third kappa shape index (κ3) is 1.82. The number of anilines is 1. The van der Waals surface area contributed by atoms with Crippen LogP contribution >= 0.6 is 0 Å². The average Bonchev–Trinajstić information content (AvgIpc) is 3.11. The van der Waals surface area contributed by atoms with Crippen LogP contribution in [-0.2, 0) is 11.8 Å². The number of hydrogen-bond donors (Lipinski definition) is 0. The first-order valence-corrected chi connectivity index (χ1v) is 6.89. The Morgan fingerprint density at radius 1 is 1.29 bits per heavy atom. The molecule has 8 nitrogen and oxygen atoms in total. The van der Waals surface area contributed by atoms with Crippen LogP contribution < -0.4 is 4.90 Å². The van der Waals surface area contributed by atoms with E-state index in [1.807, 2.05) is 11.6 Å². The highest BCUT2D eigenvalue weighted by atomic mass is 16.6. The van der Waals surface area contributed by atoms with Crippen molar-refractivity contribution in [1.82, 2.24) is 24.4 Å². The standard InChI is InChI=1S/C13H16N6O2/c1-17-6-13(21-12(17)20)3-4-19(7-13)11-14-5-9-10(16-11)15-8-18(9)2/h5,8H,3-4,6-7H2,1-2H3. The summed E-state index contributed by atoms with van der Waals surface area (Å²) < 4.78 is 7.42. The Balaban J connectivity index is 1.61. The smallest absolute Gasteiger partial charge is 0.410 e. The third-order valence-electron chi connectivity index (χ3n) is 4.21. The Bertz CT molecular complexity index is 729. The number of aromatic nitrogens is 4. The molecular weight excluding hydrogens is 272 g/mol. The van der Waals surface area contributed by atoms with E-state index in [1.54, 1.807) is 24.5 Å². The lowest BCUT2D eigenvalue weighted by Crippen LogP contribution is -2.37. The molecular formula is C13H16N6O2. The molecule has 0 N–H and O–H groups in total. The summed E-state index contributed by atoms with van der Waals surface area (Å²) in [6.45, 7) is 2.02. The number of likely N-dealkylation sites (N-methyl/N-ethyl adjacent to an activating group) is 1. The van der Waals surface area contributed by atoms with Crippen LogP contribution in [-0.4, -0.2) is 62.8 Å². The minimum Gasteiger partial charge on any atom is -0.439 e. The first kappa shape index (κ1) is 12.4. The van der Waals surface area contributed by atoms with Crippen molar-refractivity contribution < 1.29 is 9.53 Å². The average molecular weight is 288 g/mol. The van der Waals surface area contributed by atoms with E-state index in [9.17, 15) is 4.79 Å². The van der Waals surface area contributed by atoms with Crippen molar-refractivity contribution in [3.05, 3.63) is 12.5 Å². The Morgan fingerprint density at radius 3 is 2.90 bits per heavy atom. The first-order valence-electron chi connectivity index (χ1n) is 6.89. The van der Waals surface area contributed by atoms with Crippen molar-refractivity contribution in [3.63, 3.8) is 0 Å². The molecule has 0 aromatic carbocycles. The summed E-state index contributed by atoms with van der Waals surface area (Å²) >= 11 is 0. The van der Waals surface area contributed by atoms with E-state index in [2.05, 4.69) is 19.9 Å². The number of carbonyl (C=O) groups is 1. The molecule has 0 radical (unpaired) electrons. The molecule has 110 valence electrons. The van der Waals surface area contributed by atoms with Gasteiger partial charge in [-0.2, -0.15) is 4.98 Å². The lowest BCUT2D eigenvalue weighted by Gasteiger charge is -2.21. The van der Waals surface area contributed by atoms with E-state index in [0.717, 1.165) is 18.5 Å². The van der Waals surface area contributed by atoms with Gasteiger partial charge in [-0.1, -0.05) is 0 Å². The van der Waals surface area contributed by atoms with Gasteiger partial charge in [-0.05, 0) is 0 Å². The molecule has 2 aromatic rings. The van der Waals surface area contributed by atoms with Crippen LogP contribution in [0.5, 0.6) is 0 Å². The van der Waals surface area contributed by atoms with Crippen molar-refractivity contribution in [3.8, 4) is 0 Å². The van der Waals surface area contributed by atoms with Crippen LogP contribution in [0, 0.1) is 0 Å². The summed E-state index contributed by atoms with van der Waals surface area (Å²) in [4.78, 5) is 28.4. The van der Waals surface area contributed by atoms with Crippen LogP contribution in [0.3, 0.4) is 0 Å². The Hall–Kier alpha value is -2.38. The van der Waals surface area contributed by atoms with Crippen molar-refractivity contribution in [1.29, 1.82) is 0 Å². The topological polar surface area (TPSA) is 76.4 Å². The van der Waals surface area contributed by atoms with Crippen molar-refractivity contribution in [2.24, 2.45) is 7.05 Å². The fraction of sp³-hybridized carbons (Fsp3) is 0.538. The minimum atomic E-state index is -0.422. The molecule has 2 saturated heterocycles. The summed E-state index contributed by atoms with van der Waals surface area (Å²) in [5.74, 6) is 0.642. The summed E-state index contributed by atoms with van der Waals surface area (Å²) in [6.07, 6.45) is 4.05. The van der Waals surface area contributed by atoms with E-state index >= 15 is 0 Å². The van der Waals surface area contributed by atoms with Gasteiger partial charge in [-0.15, -0.1) is 0 Å². The quantitative estimate of drug-likeness (QED) is 0.756. The van der Waals surface area contributed by atoms with Gasteiger partial charge >= 0.3 is 6.09 Å². The third-order valence-corrected chi connectivity index (χ3v) is 4.21. The maximum atomic E-state index is 11.6. The first-order chi connectivity index (χ1) is 10.1. The lowest BCUT2D eigenvalue weighted by molar-refractivity contribution is 0.0741. The number of ether oxygens (including phenoxy) is 1. The highest BCUT2D eigenvalue weighted by Crippen LogP contribution is 2.33. The van der Waals surface area contributed by atoms with Crippen LogP contribution in [0.15, 0.2) is 12.5 Å². The number of hydrogen-bond acceptors (Lipinski definition) is 6. The van der Waals surface area contributed by atoms with Gasteiger partial charge in [0, 0.05) is 27.1 Å².